The van der Waals surface area contributed by atoms with Crippen molar-refractivity contribution in [2.75, 3.05) is 11.5 Å². The van der Waals surface area contributed by atoms with Crippen molar-refractivity contribution in [3.8, 4) is 0 Å². The number of alkyl carbamates (subject to hydrolysis) is 1. The smallest absolute Gasteiger partial charge is 0.408 e. The lowest BCUT2D eigenvalue weighted by atomic mass is 9.91. The predicted molar refractivity (Wildman–Crippen MR) is 127 cm³/mol. The van der Waals surface area contributed by atoms with Gasteiger partial charge in [-0.15, -0.1) is 0 Å². The summed E-state index contributed by atoms with van der Waals surface area (Å²) in [7, 11) is 0. The Kier molecular flexibility index (Phi) is 9.81. The van der Waals surface area contributed by atoms with Gasteiger partial charge in [-0.1, -0.05) is 31.4 Å². The lowest BCUT2D eigenvalue weighted by Gasteiger charge is -2.25. The van der Waals surface area contributed by atoms with E-state index in [4.69, 9.17) is 4.74 Å². The molecule has 1 aliphatic rings. The Balaban J connectivity index is 1.98. The summed E-state index contributed by atoms with van der Waals surface area (Å²) < 4.78 is 5.34. The quantitative estimate of drug-likeness (QED) is 0.393. The zero-order valence-corrected chi connectivity index (χ0v) is 20.2. The number of benzene rings is 1. The maximum Gasteiger partial charge on any atom is 0.408 e. The van der Waals surface area contributed by atoms with Crippen molar-refractivity contribution < 1.29 is 19.2 Å². The molecular weight excluding hydrogens is 430 g/mol. The molecule has 1 aliphatic carbocycles. The second-order valence-corrected chi connectivity index (χ2v) is 10.4. The molecule has 1 aromatic carbocycles. The molecule has 2 N–H and O–H groups in total. The van der Waals surface area contributed by atoms with Crippen molar-refractivity contribution in [3.63, 3.8) is 0 Å². The number of amides is 2. The second-order valence-electron chi connectivity index (χ2n) is 9.32. The van der Waals surface area contributed by atoms with E-state index in [9.17, 15) is 19.7 Å². The van der Waals surface area contributed by atoms with E-state index in [1.165, 1.54) is 44.2 Å². The van der Waals surface area contributed by atoms with Gasteiger partial charge in [0.25, 0.3) is 5.69 Å². The molecule has 0 heterocycles. The van der Waals surface area contributed by atoms with Gasteiger partial charge in [-0.05, 0) is 57.8 Å². The minimum atomic E-state index is -0.737. The van der Waals surface area contributed by atoms with Crippen LogP contribution in [0.2, 0.25) is 0 Å². The summed E-state index contributed by atoms with van der Waals surface area (Å²) in [6.07, 6.45) is 5.64. The van der Waals surface area contributed by atoms with Crippen molar-refractivity contribution in [3.05, 3.63) is 39.9 Å². The molecule has 178 valence electrons. The molecule has 1 aromatic rings. The number of nitro groups is 1. The van der Waals surface area contributed by atoms with Crippen LogP contribution >= 0.6 is 11.8 Å². The average molecular weight is 466 g/mol. The average Bonchev–Trinajstić information content (AvgIpc) is 2.72. The van der Waals surface area contributed by atoms with E-state index >= 15 is 0 Å². The van der Waals surface area contributed by atoms with Gasteiger partial charge >= 0.3 is 6.09 Å². The summed E-state index contributed by atoms with van der Waals surface area (Å²) in [4.78, 5) is 35.7. The van der Waals surface area contributed by atoms with E-state index < -0.39 is 22.7 Å². The Morgan fingerprint density at radius 2 is 1.78 bits per heavy atom. The number of hydrogen-bond donors (Lipinski definition) is 2. The summed E-state index contributed by atoms with van der Waals surface area (Å²) >= 11 is 1.68. The summed E-state index contributed by atoms with van der Waals surface area (Å²) in [5, 5.41) is 16.5. The first-order valence-electron chi connectivity index (χ1n) is 11.2. The zero-order valence-electron chi connectivity index (χ0n) is 19.4. The molecule has 2 amide bonds. The first kappa shape index (κ1) is 26.0. The number of ether oxygens (including phenoxy) is 1. The van der Waals surface area contributed by atoms with Gasteiger partial charge in [-0.3, -0.25) is 14.9 Å². The molecular formula is C23H35N3O5S. The predicted octanol–water partition coefficient (Wildman–Crippen LogP) is 4.98. The number of nitro benzene ring substituents is 1. The number of thioether (sulfide) groups is 1. The Hall–Kier alpha value is -2.29. The summed E-state index contributed by atoms with van der Waals surface area (Å²) in [5.74, 6) is 1.78. The van der Waals surface area contributed by atoms with Crippen LogP contribution < -0.4 is 10.6 Å². The van der Waals surface area contributed by atoms with E-state index in [0.717, 1.165) is 11.3 Å². The molecule has 0 saturated heterocycles. The highest BCUT2D eigenvalue weighted by atomic mass is 32.2. The normalized spacial score (nSPS) is 16.6. The molecule has 0 aromatic heterocycles. The first-order chi connectivity index (χ1) is 15.0. The third-order valence-electron chi connectivity index (χ3n) is 5.33. The number of carbonyl (C=O) groups excluding carboxylic acids is 2. The Bertz CT molecular complexity index is 773. The molecule has 8 nitrogen and oxygen atoms in total. The first-order valence-corrected chi connectivity index (χ1v) is 12.3. The fourth-order valence-corrected chi connectivity index (χ4v) is 4.89. The fourth-order valence-electron chi connectivity index (χ4n) is 3.62. The molecule has 2 atom stereocenters. The topological polar surface area (TPSA) is 111 Å². The largest absolute Gasteiger partial charge is 0.444 e. The summed E-state index contributed by atoms with van der Waals surface area (Å²) in [6, 6.07) is 4.96. The van der Waals surface area contributed by atoms with Crippen molar-refractivity contribution in [1.82, 2.24) is 10.6 Å². The van der Waals surface area contributed by atoms with E-state index in [-0.39, 0.29) is 17.6 Å². The van der Waals surface area contributed by atoms with Crippen LogP contribution in [0, 0.1) is 16.0 Å². The Morgan fingerprint density at radius 3 is 2.34 bits per heavy atom. The standard InChI is InChI=1S/C23H35N3O5S/c1-16(18-10-12-19(13-11-18)26(29)30)24-21(27)20(25-22(28)31-23(2,3)4)15-32-14-17-8-6-5-7-9-17/h10-13,16-17,20H,5-9,14-15H2,1-4H3,(H,24,27)(H,25,28). The highest BCUT2D eigenvalue weighted by Crippen LogP contribution is 2.27. The number of carbonyl (C=O) groups is 2. The fraction of sp³-hybridized carbons (Fsp3) is 0.652. The number of rotatable bonds is 9. The van der Waals surface area contributed by atoms with Gasteiger partial charge in [-0.25, -0.2) is 4.79 Å². The van der Waals surface area contributed by atoms with Crippen LogP contribution in [-0.4, -0.2) is 40.1 Å². The molecule has 1 fully saturated rings. The maximum atomic E-state index is 13.0. The highest BCUT2D eigenvalue weighted by Gasteiger charge is 2.26. The van der Waals surface area contributed by atoms with Crippen LogP contribution in [0.3, 0.4) is 0 Å². The van der Waals surface area contributed by atoms with E-state index in [1.54, 1.807) is 51.6 Å². The molecule has 1 saturated carbocycles. The summed E-state index contributed by atoms with van der Waals surface area (Å²) in [6.45, 7) is 7.13. The minimum absolute atomic E-state index is 0.00384. The maximum absolute atomic E-state index is 13.0. The van der Waals surface area contributed by atoms with Crippen LogP contribution in [0.4, 0.5) is 10.5 Å². The second kappa shape index (κ2) is 12.1. The molecule has 32 heavy (non-hydrogen) atoms. The van der Waals surface area contributed by atoms with Crippen LogP contribution in [0.25, 0.3) is 0 Å². The number of hydrogen-bond acceptors (Lipinski definition) is 6. The third kappa shape index (κ3) is 9.06. The van der Waals surface area contributed by atoms with Gasteiger partial charge in [0.15, 0.2) is 0 Å². The molecule has 0 spiro atoms. The number of nitrogens with zero attached hydrogens (tertiary/aromatic N) is 1. The molecule has 2 unspecified atom stereocenters. The monoisotopic (exact) mass is 465 g/mol. The molecule has 2 rings (SSSR count). The Labute approximate surface area is 194 Å². The van der Waals surface area contributed by atoms with Gasteiger partial charge in [0.2, 0.25) is 5.91 Å². The minimum Gasteiger partial charge on any atom is -0.444 e. The van der Waals surface area contributed by atoms with Crippen molar-refractivity contribution in [2.24, 2.45) is 5.92 Å². The molecule has 0 radical (unpaired) electrons. The lowest BCUT2D eigenvalue weighted by Crippen LogP contribution is -2.50. The van der Waals surface area contributed by atoms with E-state index in [1.807, 2.05) is 0 Å². The van der Waals surface area contributed by atoms with Gasteiger partial charge in [0, 0.05) is 17.9 Å². The van der Waals surface area contributed by atoms with Crippen LogP contribution in [0.5, 0.6) is 0 Å². The molecule has 9 heteroatoms. The molecule has 0 bridgehead atoms. The van der Waals surface area contributed by atoms with Crippen molar-refractivity contribution in [1.29, 1.82) is 0 Å². The molecule has 0 aliphatic heterocycles. The third-order valence-corrected chi connectivity index (χ3v) is 6.61. The van der Waals surface area contributed by atoms with Gasteiger partial charge in [0.05, 0.1) is 11.0 Å². The van der Waals surface area contributed by atoms with E-state index in [0.29, 0.717) is 11.7 Å². The van der Waals surface area contributed by atoms with Gasteiger partial charge in [0.1, 0.15) is 11.6 Å². The van der Waals surface area contributed by atoms with Crippen LogP contribution in [0.15, 0.2) is 24.3 Å². The van der Waals surface area contributed by atoms with Crippen LogP contribution in [-0.2, 0) is 9.53 Å². The van der Waals surface area contributed by atoms with Crippen LogP contribution in [0.1, 0.15) is 71.4 Å². The van der Waals surface area contributed by atoms with Gasteiger partial charge < -0.3 is 15.4 Å². The number of non-ortho nitro benzene ring substituents is 1. The number of nitrogens with one attached hydrogen (secondary N) is 2. The SMILES string of the molecule is CC(NC(=O)C(CSCC1CCCCC1)NC(=O)OC(C)(C)C)c1ccc([N+](=O)[O-])cc1. The zero-order chi connectivity index (χ0) is 23.7. The van der Waals surface area contributed by atoms with Crippen molar-refractivity contribution >= 4 is 29.4 Å². The highest BCUT2D eigenvalue weighted by molar-refractivity contribution is 7.99. The Morgan fingerprint density at radius 1 is 1.16 bits per heavy atom. The van der Waals surface area contributed by atoms with Gasteiger partial charge in [-0.2, -0.15) is 11.8 Å². The van der Waals surface area contributed by atoms with E-state index in [2.05, 4.69) is 10.6 Å². The van der Waals surface area contributed by atoms with Crippen molar-refractivity contribution in [2.45, 2.75) is 77.5 Å². The summed E-state index contributed by atoms with van der Waals surface area (Å²) in [5.41, 5.74) is 0.0811. The lowest BCUT2D eigenvalue weighted by molar-refractivity contribution is -0.384.